The van der Waals surface area contributed by atoms with Gasteiger partial charge in [0.2, 0.25) is 0 Å². The van der Waals surface area contributed by atoms with Crippen LogP contribution in [0, 0.1) is 5.92 Å². The largest absolute Gasteiger partial charge is 0.497 e. The fraction of sp³-hybridized carbons (Fsp3) is 0.529. The smallest absolute Gasteiger partial charge is 0.326 e. The standard InChI is InChI=1S/C17H23NO4/c1-22-14-9-5-8-13(11-14)16(19)18-15(17(20)21)10-12-6-3-2-4-7-12/h5,8-9,11-12,15H,2-4,6-7,10H2,1H3,(H,18,19)(H,20,21)/t15-/m0/s1. The van der Waals surface area contributed by atoms with E-state index >= 15 is 0 Å². The lowest BCUT2D eigenvalue weighted by Crippen LogP contribution is -2.42. The normalized spacial score (nSPS) is 16.8. The number of ether oxygens (including phenoxy) is 1. The van der Waals surface area contributed by atoms with Crippen LogP contribution in [0.5, 0.6) is 5.75 Å². The molecule has 0 aliphatic heterocycles. The van der Waals surface area contributed by atoms with Gasteiger partial charge in [-0.15, -0.1) is 0 Å². The van der Waals surface area contributed by atoms with Crippen LogP contribution in [0.25, 0.3) is 0 Å². The Morgan fingerprint density at radius 3 is 2.68 bits per heavy atom. The van der Waals surface area contributed by atoms with Gasteiger partial charge in [0.25, 0.3) is 5.91 Å². The molecule has 1 atom stereocenters. The molecule has 0 bridgehead atoms. The number of methoxy groups -OCH3 is 1. The van der Waals surface area contributed by atoms with Gasteiger partial charge in [0.1, 0.15) is 11.8 Å². The van der Waals surface area contributed by atoms with E-state index in [-0.39, 0.29) is 5.91 Å². The first-order chi connectivity index (χ1) is 10.6. The maximum absolute atomic E-state index is 12.2. The Hall–Kier alpha value is -2.04. The van der Waals surface area contributed by atoms with Crippen LogP contribution >= 0.6 is 0 Å². The molecular formula is C17H23NO4. The highest BCUT2D eigenvalue weighted by molar-refractivity contribution is 5.96. The second-order valence-electron chi connectivity index (χ2n) is 5.84. The average molecular weight is 305 g/mol. The van der Waals surface area contributed by atoms with E-state index in [9.17, 15) is 14.7 Å². The molecule has 2 N–H and O–H groups in total. The van der Waals surface area contributed by atoms with Crippen LogP contribution in [0.4, 0.5) is 0 Å². The van der Waals surface area contributed by atoms with E-state index in [4.69, 9.17) is 4.74 Å². The molecule has 1 amide bonds. The molecule has 1 aliphatic carbocycles. The van der Waals surface area contributed by atoms with Gasteiger partial charge in [-0.25, -0.2) is 4.79 Å². The Balaban J connectivity index is 2.00. The van der Waals surface area contributed by atoms with Gasteiger partial charge in [0.05, 0.1) is 7.11 Å². The van der Waals surface area contributed by atoms with Crippen LogP contribution in [0.1, 0.15) is 48.9 Å². The molecule has 2 rings (SSSR count). The number of hydrogen-bond acceptors (Lipinski definition) is 3. The fourth-order valence-corrected chi connectivity index (χ4v) is 2.98. The van der Waals surface area contributed by atoms with Crippen molar-refractivity contribution in [2.45, 2.75) is 44.6 Å². The van der Waals surface area contributed by atoms with Crippen LogP contribution < -0.4 is 10.1 Å². The molecule has 0 heterocycles. The van der Waals surface area contributed by atoms with Crippen molar-refractivity contribution in [2.24, 2.45) is 5.92 Å². The van der Waals surface area contributed by atoms with Crippen molar-refractivity contribution >= 4 is 11.9 Å². The second kappa shape index (κ2) is 7.82. The molecule has 5 nitrogen and oxygen atoms in total. The lowest BCUT2D eigenvalue weighted by molar-refractivity contribution is -0.139. The molecular weight excluding hydrogens is 282 g/mol. The van der Waals surface area contributed by atoms with Crippen LogP contribution in [-0.4, -0.2) is 30.1 Å². The number of aliphatic carboxylic acids is 1. The summed E-state index contributed by atoms with van der Waals surface area (Å²) in [6.45, 7) is 0. The molecule has 1 aliphatic rings. The van der Waals surface area contributed by atoms with Crippen molar-refractivity contribution in [1.82, 2.24) is 5.32 Å². The molecule has 1 fully saturated rings. The Kier molecular flexibility index (Phi) is 5.81. The van der Waals surface area contributed by atoms with E-state index in [0.717, 1.165) is 25.7 Å². The summed E-state index contributed by atoms with van der Waals surface area (Å²) in [5.41, 5.74) is 0.411. The molecule has 22 heavy (non-hydrogen) atoms. The highest BCUT2D eigenvalue weighted by Crippen LogP contribution is 2.27. The SMILES string of the molecule is COc1cccc(C(=O)N[C@@H](CC2CCCCC2)C(=O)O)c1. The van der Waals surface area contributed by atoms with E-state index < -0.39 is 12.0 Å². The number of benzene rings is 1. The number of rotatable bonds is 6. The number of carbonyl (C=O) groups excluding carboxylic acids is 1. The molecule has 1 aromatic carbocycles. The third-order valence-corrected chi connectivity index (χ3v) is 4.23. The summed E-state index contributed by atoms with van der Waals surface area (Å²) in [6, 6.07) is 5.88. The summed E-state index contributed by atoms with van der Waals surface area (Å²) in [5, 5.41) is 12.0. The minimum atomic E-state index is -0.971. The van der Waals surface area contributed by atoms with E-state index in [1.165, 1.54) is 13.5 Å². The van der Waals surface area contributed by atoms with Crippen LogP contribution in [0.3, 0.4) is 0 Å². The van der Waals surface area contributed by atoms with Gasteiger partial charge < -0.3 is 15.2 Å². The molecule has 0 spiro atoms. The molecule has 0 unspecified atom stereocenters. The summed E-state index contributed by atoms with van der Waals surface area (Å²) in [5.74, 6) is -0.379. The quantitative estimate of drug-likeness (QED) is 0.847. The summed E-state index contributed by atoms with van der Waals surface area (Å²) in [6.07, 6.45) is 6.15. The van der Waals surface area contributed by atoms with Crippen molar-refractivity contribution in [3.05, 3.63) is 29.8 Å². The van der Waals surface area contributed by atoms with E-state index in [0.29, 0.717) is 23.7 Å². The zero-order chi connectivity index (χ0) is 15.9. The van der Waals surface area contributed by atoms with E-state index in [2.05, 4.69) is 5.32 Å². The third kappa shape index (κ3) is 4.48. The van der Waals surface area contributed by atoms with Gasteiger partial charge in [0.15, 0.2) is 0 Å². The number of carboxylic acid groups (broad SMARTS) is 1. The van der Waals surface area contributed by atoms with E-state index in [1.54, 1.807) is 24.3 Å². The monoisotopic (exact) mass is 305 g/mol. The van der Waals surface area contributed by atoms with Crippen molar-refractivity contribution in [1.29, 1.82) is 0 Å². The lowest BCUT2D eigenvalue weighted by atomic mass is 9.85. The van der Waals surface area contributed by atoms with Crippen LogP contribution in [-0.2, 0) is 4.79 Å². The number of amides is 1. The maximum Gasteiger partial charge on any atom is 0.326 e. The number of carboxylic acids is 1. The highest BCUT2D eigenvalue weighted by atomic mass is 16.5. The summed E-state index contributed by atoms with van der Waals surface area (Å²) in [7, 11) is 1.53. The zero-order valence-corrected chi connectivity index (χ0v) is 12.9. The third-order valence-electron chi connectivity index (χ3n) is 4.23. The van der Waals surface area contributed by atoms with E-state index in [1.807, 2.05) is 0 Å². The lowest BCUT2D eigenvalue weighted by Gasteiger charge is -2.25. The van der Waals surface area contributed by atoms with Crippen LogP contribution in [0.15, 0.2) is 24.3 Å². The first kappa shape index (κ1) is 16.3. The zero-order valence-electron chi connectivity index (χ0n) is 12.9. The van der Waals surface area contributed by atoms with Gasteiger partial charge in [-0.1, -0.05) is 38.2 Å². The maximum atomic E-state index is 12.2. The average Bonchev–Trinajstić information content (AvgIpc) is 2.55. The van der Waals surface area contributed by atoms with Gasteiger partial charge in [-0.3, -0.25) is 4.79 Å². The number of hydrogen-bond donors (Lipinski definition) is 2. The predicted octanol–water partition coefficient (Wildman–Crippen LogP) is 2.85. The molecule has 1 saturated carbocycles. The first-order valence-electron chi connectivity index (χ1n) is 7.78. The Bertz CT molecular complexity index is 523. The first-order valence-corrected chi connectivity index (χ1v) is 7.78. The van der Waals surface area contributed by atoms with Crippen molar-refractivity contribution in [2.75, 3.05) is 7.11 Å². The van der Waals surface area contributed by atoms with Crippen molar-refractivity contribution < 1.29 is 19.4 Å². The molecule has 5 heteroatoms. The Morgan fingerprint density at radius 2 is 2.05 bits per heavy atom. The summed E-state index contributed by atoms with van der Waals surface area (Å²) >= 11 is 0. The van der Waals surface area contributed by atoms with Crippen molar-refractivity contribution in [3.63, 3.8) is 0 Å². The van der Waals surface area contributed by atoms with Gasteiger partial charge >= 0.3 is 5.97 Å². The minimum Gasteiger partial charge on any atom is -0.497 e. The molecule has 0 saturated heterocycles. The van der Waals surface area contributed by atoms with Gasteiger partial charge in [-0.05, 0) is 30.5 Å². The predicted molar refractivity (Wildman–Crippen MR) is 83.1 cm³/mol. The Labute approximate surface area is 130 Å². The summed E-state index contributed by atoms with van der Waals surface area (Å²) in [4.78, 5) is 23.7. The Morgan fingerprint density at radius 1 is 1.32 bits per heavy atom. The number of carbonyl (C=O) groups is 2. The molecule has 1 aromatic rings. The fourth-order valence-electron chi connectivity index (χ4n) is 2.98. The highest BCUT2D eigenvalue weighted by Gasteiger charge is 2.25. The topological polar surface area (TPSA) is 75.6 Å². The molecule has 0 radical (unpaired) electrons. The number of nitrogens with one attached hydrogen (secondary N) is 1. The van der Waals surface area contributed by atoms with Crippen molar-refractivity contribution in [3.8, 4) is 5.75 Å². The van der Waals surface area contributed by atoms with Gasteiger partial charge in [0, 0.05) is 5.56 Å². The molecule has 120 valence electrons. The minimum absolute atomic E-state index is 0.373. The molecule has 0 aromatic heterocycles. The van der Waals surface area contributed by atoms with Crippen LogP contribution in [0.2, 0.25) is 0 Å². The van der Waals surface area contributed by atoms with Gasteiger partial charge in [-0.2, -0.15) is 0 Å². The summed E-state index contributed by atoms with van der Waals surface area (Å²) < 4.78 is 5.08. The second-order valence-corrected chi connectivity index (χ2v) is 5.84.